The summed E-state index contributed by atoms with van der Waals surface area (Å²) in [6, 6.07) is 3.90. The van der Waals surface area contributed by atoms with Gasteiger partial charge in [-0.15, -0.1) is 0 Å². The molecule has 0 N–H and O–H groups in total. The predicted molar refractivity (Wildman–Crippen MR) is 86.7 cm³/mol. The number of morpholine rings is 1. The fourth-order valence-electron chi connectivity index (χ4n) is 3.56. The van der Waals surface area contributed by atoms with Gasteiger partial charge in [-0.2, -0.15) is 0 Å². The Hall–Kier alpha value is -1.66. The second-order valence-electron chi connectivity index (χ2n) is 6.18. The number of pyridine rings is 1. The van der Waals surface area contributed by atoms with Crippen molar-refractivity contribution in [2.75, 3.05) is 46.5 Å². The topological polar surface area (TPSA) is 54.9 Å². The van der Waals surface area contributed by atoms with Crippen LogP contribution in [-0.2, 0) is 4.74 Å². The van der Waals surface area contributed by atoms with Gasteiger partial charge in [-0.25, -0.2) is 0 Å². The third kappa shape index (κ3) is 3.48. The van der Waals surface area contributed by atoms with Gasteiger partial charge in [-0.05, 0) is 12.0 Å². The molecule has 6 heteroatoms. The number of hydrogen-bond donors (Lipinski definition) is 0. The zero-order valence-corrected chi connectivity index (χ0v) is 13.9. The van der Waals surface area contributed by atoms with E-state index in [4.69, 9.17) is 9.47 Å². The number of amides is 1. The molecule has 0 aromatic carbocycles. The molecule has 0 aliphatic carbocycles. The third-order valence-electron chi connectivity index (χ3n) is 4.92. The second-order valence-corrected chi connectivity index (χ2v) is 6.18. The van der Waals surface area contributed by atoms with E-state index < -0.39 is 0 Å². The van der Waals surface area contributed by atoms with Crippen LogP contribution in [0.1, 0.15) is 23.8 Å². The van der Waals surface area contributed by atoms with Crippen molar-refractivity contribution in [3.8, 4) is 5.75 Å². The van der Waals surface area contributed by atoms with Gasteiger partial charge in [-0.3, -0.25) is 14.7 Å². The predicted octanol–water partition coefficient (Wildman–Crippen LogP) is 1.27. The molecule has 2 saturated heterocycles. The van der Waals surface area contributed by atoms with Gasteiger partial charge in [0.25, 0.3) is 5.91 Å². The molecule has 6 nitrogen and oxygen atoms in total. The van der Waals surface area contributed by atoms with Crippen molar-refractivity contribution in [2.45, 2.75) is 19.4 Å². The summed E-state index contributed by atoms with van der Waals surface area (Å²) in [5, 5.41) is 0. The summed E-state index contributed by atoms with van der Waals surface area (Å²) in [5.74, 6) is 1.18. The maximum absolute atomic E-state index is 12.8. The Bertz CT molecular complexity index is 546. The molecule has 23 heavy (non-hydrogen) atoms. The van der Waals surface area contributed by atoms with Crippen molar-refractivity contribution >= 4 is 5.91 Å². The molecule has 3 rings (SSSR count). The molecule has 0 bridgehead atoms. The van der Waals surface area contributed by atoms with Gasteiger partial charge in [0.1, 0.15) is 11.4 Å². The van der Waals surface area contributed by atoms with E-state index >= 15 is 0 Å². The lowest BCUT2D eigenvalue weighted by Gasteiger charge is -2.34. The molecule has 126 valence electrons. The number of hydrogen-bond acceptors (Lipinski definition) is 5. The first-order chi connectivity index (χ1) is 11.2. The standard InChI is InChI=1S/C17H25N3O3/c1-3-13-11-20(12-16(13)19-6-8-23-9-7-19)17(21)15-10-14(22-2)4-5-18-15/h4-5,10,13,16H,3,6-9,11-12H2,1-2H3/t13-,16-/m1/s1. The maximum Gasteiger partial charge on any atom is 0.272 e. The molecule has 2 aliphatic rings. The summed E-state index contributed by atoms with van der Waals surface area (Å²) in [5.41, 5.74) is 0.460. The van der Waals surface area contributed by atoms with Crippen LogP contribution in [0.3, 0.4) is 0 Å². The van der Waals surface area contributed by atoms with Crippen LogP contribution in [0, 0.1) is 5.92 Å². The summed E-state index contributed by atoms with van der Waals surface area (Å²) in [6.07, 6.45) is 2.70. The molecule has 2 aliphatic heterocycles. The number of rotatable bonds is 4. The van der Waals surface area contributed by atoms with Crippen molar-refractivity contribution in [3.05, 3.63) is 24.0 Å². The van der Waals surface area contributed by atoms with E-state index in [-0.39, 0.29) is 5.91 Å². The van der Waals surface area contributed by atoms with Gasteiger partial charge >= 0.3 is 0 Å². The molecule has 0 saturated carbocycles. The van der Waals surface area contributed by atoms with Gasteiger partial charge in [0, 0.05) is 44.5 Å². The Balaban J connectivity index is 1.71. The van der Waals surface area contributed by atoms with Crippen molar-refractivity contribution in [3.63, 3.8) is 0 Å². The van der Waals surface area contributed by atoms with Gasteiger partial charge in [0.15, 0.2) is 0 Å². The molecular weight excluding hydrogens is 294 g/mol. The van der Waals surface area contributed by atoms with E-state index in [0.29, 0.717) is 23.4 Å². The maximum atomic E-state index is 12.8. The summed E-state index contributed by atoms with van der Waals surface area (Å²) in [4.78, 5) is 21.4. The van der Waals surface area contributed by atoms with Crippen molar-refractivity contribution in [1.82, 2.24) is 14.8 Å². The molecule has 1 aromatic heterocycles. The summed E-state index contributed by atoms with van der Waals surface area (Å²) >= 11 is 0. The van der Waals surface area contributed by atoms with Crippen molar-refractivity contribution in [1.29, 1.82) is 0 Å². The smallest absolute Gasteiger partial charge is 0.272 e. The van der Waals surface area contributed by atoms with E-state index in [1.54, 1.807) is 25.4 Å². The minimum atomic E-state index is -0.00175. The molecule has 0 unspecified atom stereocenters. The van der Waals surface area contributed by atoms with E-state index in [9.17, 15) is 4.79 Å². The van der Waals surface area contributed by atoms with E-state index in [0.717, 1.165) is 45.8 Å². The highest BCUT2D eigenvalue weighted by molar-refractivity contribution is 5.92. The number of nitrogens with zero attached hydrogens (tertiary/aromatic N) is 3. The van der Waals surface area contributed by atoms with Crippen LogP contribution in [-0.4, -0.2) is 73.2 Å². The van der Waals surface area contributed by atoms with E-state index in [1.165, 1.54) is 0 Å². The molecular formula is C17H25N3O3. The number of carbonyl (C=O) groups excluding carboxylic acids is 1. The lowest BCUT2D eigenvalue weighted by atomic mass is 9.99. The average Bonchev–Trinajstić information content (AvgIpc) is 3.06. The van der Waals surface area contributed by atoms with Gasteiger partial charge in [0.2, 0.25) is 0 Å². The Kier molecular flexibility index (Phi) is 5.13. The van der Waals surface area contributed by atoms with Crippen molar-refractivity contribution < 1.29 is 14.3 Å². The highest BCUT2D eigenvalue weighted by Crippen LogP contribution is 2.27. The van der Waals surface area contributed by atoms with Crippen LogP contribution in [0.2, 0.25) is 0 Å². The van der Waals surface area contributed by atoms with E-state index in [1.807, 2.05) is 4.90 Å². The normalized spacial score (nSPS) is 25.6. The minimum absolute atomic E-state index is 0.00175. The first-order valence-electron chi connectivity index (χ1n) is 8.34. The van der Waals surface area contributed by atoms with Crippen LogP contribution < -0.4 is 4.74 Å². The number of carbonyl (C=O) groups is 1. The lowest BCUT2D eigenvalue weighted by molar-refractivity contribution is 0.0102. The molecule has 3 heterocycles. The zero-order chi connectivity index (χ0) is 16.2. The molecule has 0 spiro atoms. The summed E-state index contributed by atoms with van der Waals surface area (Å²) in [7, 11) is 1.60. The second kappa shape index (κ2) is 7.27. The Morgan fingerprint density at radius 1 is 1.39 bits per heavy atom. The monoisotopic (exact) mass is 319 g/mol. The fourth-order valence-corrected chi connectivity index (χ4v) is 3.56. The lowest BCUT2D eigenvalue weighted by Crippen LogP contribution is -2.47. The third-order valence-corrected chi connectivity index (χ3v) is 4.92. The first-order valence-corrected chi connectivity index (χ1v) is 8.34. The Labute approximate surface area is 137 Å². The molecule has 2 fully saturated rings. The fraction of sp³-hybridized carbons (Fsp3) is 0.647. The van der Waals surface area contributed by atoms with Crippen LogP contribution in [0.5, 0.6) is 5.75 Å². The van der Waals surface area contributed by atoms with Gasteiger partial charge in [-0.1, -0.05) is 13.3 Å². The van der Waals surface area contributed by atoms with Crippen LogP contribution in [0.25, 0.3) is 0 Å². The molecule has 1 aromatic rings. The first kappa shape index (κ1) is 16.2. The highest BCUT2D eigenvalue weighted by atomic mass is 16.5. The SMILES string of the molecule is CC[C@@H]1CN(C(=O)c2cc(OC)ccn2)C[C@H]1N1CCOCC1. The quantitative estimate of drug-likeness (QED) is 0.837. The van der Waals surface area contributed by atoms with Crippen LogP contribution in [0.15, 0.2) is 18.3 Å². The van der Waals surface area contributed by atoms with Gasteiger partial charge in [0.05, 0.1) is 20.3 Å². The highest BCUT2D eigenvalue weighted by Gasteiger charge is 2.38. The molecule has 2 atom stereocenters. The van der Waals surface area contributed by atoms with Gasteiger partial charge < -0.3 is 14.4 Å². The zero-order valence-electron chi connectivity index (χ0n) is 13.9. The minimum Gasteiger partial charge on any atom is -0.497 e. The van der Waals surface area contributed by atoms with Crippen molar-refractivity contribution in [2.24, 2.45) is 5.92 Å². The van der Waals surface area contributed by atoms with E-state index in [2.05, 4.69) is 16.8 Å². The average molecular weight is 319 g/mol. The number of likely N-dealkylation sites (tertiary alicyclic amines) is 1. The summed E-state index contributed by atoms with van der Waals surface area (Å²) < 4.78 is 10.6. The van der Waals surface area contributed by atoms with Crippen LogP contribution >= 0.6 is 0 Å². The number of methoxy groups -OCH3 is 1. The number of aromatic nitrogens is 1. The molecule has 0 radical (unpaired) electrons. The Morgan fingerprint density at radius 2 is 2.17 bits per heavy atom. The largest absolute Gasteiger partial charge is 0.497 e. The molecule has 1 amide bonds. The number of ether oxygens (including phenoxy) is 2. The van der Waals surface area contributed by atoms with Crippen LogP contribution in [0.4, 0.5) is 0 Å². The Morgan fingerprint density at radius 3 is 2.87 bits per heavy atom. The summed E-state index contributed by atoms with van der Waals surface area (Å²) in [6.45, 7) is 7.28.